The lowest BCUT2D eigenvalue weighted by Gasteiger charge is -2.07. The average molecular weight is 244 g/mol. The maximum absolute atomic E-state index is 5.98. The van der Waals surface area contributed by atoms with E-state index in [-0.39, 0.29) is 0 Å². The van der Waals surface area contributed by atoms with E-state index in [1.165, 1.54) is 0 Å². The van der Waals surface area contributed by atoms with Crippen LogP contribution in [0.4, 0.5) is 0 Å². The highest BCUT2D eigenvalue weighted by Crippen LogP contribution is 2.21. The Bertz CT molecular complexity index is 646. The molecule has 1 aromatic heterocycles. The molecule has 0 aliphatic rings. The minimum atomic E-state index is 0.703. The van der Waals surface area contributed by atoms with E-state index in [1.807, 2.05) is 60.8 Å². The van der Waals surface area contributed by atoms with Gasteiger partial charge >= 0.3 is 0 Å². The summed E-state index contributed by atoms with van der Waals surface area (Å²) in [6.45, 7) is 0. The van der Waals surface area contributed by atoms with Crippen LogP contribution in [0.3, 0.4) is 0 Å². The van der Waals surface area contributed by atoms with Crippen molar-refractivity contribution >= 4 is 22.5 Å². The summed E-state index contributed by atoms with van der Waals surface area (Å²) in [7, 11) is 0. The molecule has 1 heterocycles. The highest BCUT2D eigenvalue weighted by atomic mass is 35.5. The van der Waals surface area contributed by atoms with Gasteiger partial charge in [-0.25, -0.2) is 0 Å². The lowest BCUT2D eigenvalue weighted by atomic mass is 10.2. The van der Waals surface area contributed by atoms with E-state index < -0.39 is 0 Å². The zero-order chi connectivity index (χ0) is 11.7. The molecule has 17 heavy (non-hydrogen) atoms. The summed E-state index contributed by atoms with van der Waals surface area (Å²) in [4.78, 5) is 5.74. The lowest BCUT2D eigenvalue weighted by molar-refractivity contribution is 0.229. The van der Waals surface area contributed by atoms with Gasteiger partial charge in [0.05, 0.1) is 5.52 Å². The highest BCUT2D eigenvalue weighted by molar-refractivity contribution is 6.31. The van der Waals surface area contributed by atoms with Gasteiger partial charge in [-0.3, -0.25) is 0 Å². The van der Waals surface area contributed by atoms with Gasteiger partial charge in [0.2, 0.25) is 0 Å². The number of nitrogens with zero attached hydrogens (tertiary/aromatic N) is 1. The molecular weight excluding hydrogens is 234 g/mol. The van der Waals surface area contributed by atoms with Crippen LogP contribution in [0.15, 0.2) is 60.8 Å². The molecule has 0 saturated heterocycles. The Hall–Kier alpha value is -1.93. The molecule has 3 heteroatoms. The molecule has 0 N–H and O–H groups in total. The van der Waals surface area contributed by atoms with Gasteiger partial charge in [-0.15, -0.1) is 0 Å². The van der Waals surface area contributed by atoms with E-state index >= 15 is 0 Å². The van der Waals surface area contributed by atoms with Crippen LogP contribution < -0.4 is 4.84 Å². The second-order valence-corrected chi connectivity index (χ2v) is 4.19. The Morgan fingerprint density at radius 2 is 1.76 bits per heavy atom. The molecule has 0 fully saturated rings. The summed E-state index contributed by atoms with van der Waals surface area (Å²) < 4.78 is 1.72. The second-order valence-electron chi connectivity index (χ2n) is 3.75. The smallest absolute Gasteiger partial charge is 0.155 e. The molecule has 0 spiro atoms. The van der Waals surface area contributed by atoms with Crippen LogP contribution in [-0.4, -0.2) is 4.73 Å². The molecule has 0 aliphatic heterocycles. The SMILES string of the molecule is Clc1ccc2ccn(Oc3ccccc3)c2c1. The van der Waals surface area contributed by atoms with Crippen molar-refractivity contribution in [3.63, 3.8) is 0 Å². The van der Waals surface area contributed by atoms with Crippen molar-refractivity contribution in [2.24, 2.45) is 0 Å². The number of rotatable bonds is 2. The summed E-state index contributed by atoms with van der Waals surface area (Å²) in [5, 5.41) is 1.81. The van der Waals surface area contributed by atoms with E-state index in [2.05, 4.69) is 0 Å². The summed E-state index contributed by atoms with van der Waals surface area (Å²) in [5.74, 6) is 0.796. The number of hydrogen-bond donors (Lipinski definition) is 0. The maximum Gasteiger partial charge on any atom is 0.155 e. The summed E-state index contributed by atoms with van der Waals surface area (Å²) in [6, 6.07) is 17.4. The quantitative estimate of drug-likeness (QED) is 0.660. The van der Waals surface area contributed by atoms with Crippen LogP contribution >= 0.6 is 11.6 Å². The first-order chi connectivity index (χ1) is 8.33. The van der Waals surface area contributed by atoms with Gasteiger partial charge in [-0.2, -0.15) is 4.73 Å². The van der Waals surface area contributed by atoms with Crippen LogP contribution in [0.1, 0.15) is 0 Å². The number of fused-ring (bicyclic) bond motifs is 1. The van der Waals surface area contributed by atoms with Gasteiger partial charge < -0.3 is 4.84 Å². The van der Waals surface area contributed by atoms with Crippen LogP contribution in [0, 0.1) is 0 Å². The van der Waals surface area contributed by atoms with Gasteiger partial charge in [0, 0.05) is 16.6 Å². The first-order valence-electron chi connectivity index (χ1n) is 5.33. The van der Waals surface area contributed by atoms with Gasteiger partial charge in [-0.05, 0) is 30.3 Å². The van der Waals surface area contributed by atoms with Crippen molar-refractivity contribution < 1.29 is 4.84 Å². The predicted molar refractivity (Wildman–Crippen MR) is 69.4 cm³/mol. The minimum absolute atomic E-state index is 0.703. The van der Waals surface area contributed by atoms with Gasteiger partial charge in [0.1, 0.15) is 0 Å². The third-order valence-corrected chi connectivity index (χ3v) is 2.80. The van der Waals surface area contributed by atoms with Crippen LogP contribution in [0.25, 0.3) is 10.9 Å². The number of benzene rings is 2. The van der Waals surface area contributed by atoms with Gasteiger partial charge in [-0.1, -0.05) is 35.9 Å². The first-order valence-corrected chi connectivity index (χ1v) is 5.71. The number of para-hydroxylation sites is 1. The zero-order valence-electron chi connectivity index (χ0n) is 9.01. The highest BCUT2D eigenvalue weighted by Gasteiger charge is 2.03. The van der Waals surface area contributed by atoms with Crippen LogP contribution in [0.2, 0.25) is 5.02 Å². The molecule has 3 rings (SSSR count). The summed E-state index contributed by atoms with van der Waals surface area (Å²) >= 11 is 5.98. The molecule has 0 bridgehead atoms. The molecule has 0 saturated carbocycles. The molecule has 0 radical (unpaired) electrons. The Balaban J connectivity index is 2.03. The second kappa shape index (κ2) is 4.15. The Morgan fingerprint density at radius 3 is 2.59 bits per heavy atom. The van der Waals surface area contributed by atoms with E-state index in [4.69, 9.17) is 16.4 Å². The topological polar surface area (TPSA) is 14.2 Å². The van der Waals surface area contributed by atoms with Crippen molar-refractivity contribution in [2.75, 3.05) is 0 Å². The van der Waals surface area contributed by atoms with E-state index in [1.54, 1.807) is 4.73 Å². The van der Waals surface area contributed by atoms with Crippen molar-refractivity contribution in [2.45, 2.75) is 0 Å². The van der Waals surface area contributed by atoms with Crippen LogP contribution in [-0.2, 0) is 0 Å². The fourth-order valence-electron chi connectivity index (χ4n) is 1.75. The fraction of sp³-hybridized carbons (Fsp3) is 0. The normalized spacial score (nSPS) is 10.6. The Labute approximate surface area is 104 Å². The first kappa shape index (κ1) is 10.2. The predicted octanol–water partition coefficient (Wildman–Crippen LogP) is 4.14. The molecule has 2 nitrogen and oxygen atoms in total. The van der Waals surface area contributed by atoms with Gasteiger partial charge in [0.15, 0.2) is 5.75 Å². The number of aromatic nitrogens is 1. The fourth-order valence-corrected chi connectivity index (χ4v) is 1.92. The standard InChI is InChI=1S/C14H10ClNO/c15-12-7-6-11-8-9-16(14(11)10-12)17-13-4-2-1-3-5-13/h1-10H. The molecule has 2 aromatic carbocycles. The van der Waals surface area contributed by atoms with Crippen molar-refractivity contribution in [1.82, 2.24) is 4.73 Å². The molecule has 0 amide bonds. The lowest BCUT2D eigenvalue weighted by Crippen LogP contribution is -2.02. The Kier molecular flexibility index (Phi) is 2.50. The summed E-state index contributed by atoms with van der Waals surface area (Å²) in [6.07, 6.45) is 1.88. The van der Waals surface area contributed by atoms with Crippen molar-refractivity contribution in [1.29, 1.82) is 0 Å². The minimum Gasteiger partial charge on any atom is -0.375 e. The maximum atomic E-state index is 5.98. The molecule has 0 aliphatic carbocycles. The van der Waals surface area contributed by atoms with Crippen molar-refractivity contribution in [3.8, 4) is 5.75 Å². The molecule has 3 aromatic rings. The molecule has 0 atom stereocenters. The van der Waals surface area contributed by atoms with E-state index in [9.17, 15) is 0 Å². The molecule has 84 valence electrons. The third-order valence-electron chi connectivity index (χ3n) is 2.57. The Morgan fingerprint density at radius 1 is 0.941 bits per heavy atom. The average Bonchev–Trinajstić information content (AvgIpc) is 2.73. The van der Waals surface area contributed by atoms with Crippen LogP contribution in [0.5, 0.6) is 5.75 Å². The van der Waals surface area contributed by atoms with E-state index in [0.717, 1.165) is 16.7 Å². The van der Waals surface area contributed by atoms with Gasteiger partial charge in [0.25, 0.3) is 0 Å². The van der Waals surface area contributed by atoms with E-state index in [0.29, 0.717) is 5.02 Å². The summed E-state index contributed by atoms with van der Waals surface area (Å²) in [5.41, 5.74) is 0.960. The van der Waals surface area contributed by atoms with Crippen molar-refractivity contribution in [3.05, 3.63) is 65.8 Å². The molecular formula is C14H10ClNO. The number of halogens is 1. The molecule has 0 unspecified atom stereocenters. The largest absolute Gasteiger partial charge is 0.375 e. The monoisotopic (exact) mass is 243 g/mol. The number of hydrogen-bond acceptors (Lipinski definition) is 1. The zero-order valence-corrected chi connectivity index (χ0v) is 9.76. The third kappa shape index (κ3) is 1.99.